The van der Waals surface area contributed by atoms with Crippen molar-refractivity contribution in [2.24, 2.45) is 0 Å². The molecule has 1 saturated carbocycles. The van der Waals surface area contributed by atoms with E-state index < -0.39 is 0 Å². The van der Waals surface area contributed by atoms with Gasteiger partial charge in [0.25, 0.3) is 0 Å². The maximum absolute atomic E-state index is 9.09. The average molecular weight is 191 g/mol. The Kier molecular flexibility index (Phi) is 2.85. The van der Waals surface area contributed by atoms with Gasteiger partial charge in [0.05, 0.1) is 6.61 Å². The zero-order valence-corrected chi connectivity index (χ0v) is 8.37. The molecule has 1 aromatic rings. The van der Waals surface area contributed by atoms with Gasteiger partial charge in [0, 0.05) is 5.54 Å². The minimum Gasteiger partial charge on any atom is -0.394 e. The smallest absolute Gasteiger partial charge is 0.0613 e. The highest BCUT2D eigenvalue weighted by molar-refractivity contribution is 5.15. The fraction of sp³-hybridized carbons (Fsp3) is 0.500. The van der Waals surface area contributed by atoms with Gasteiger partial charge in [-0.2, -0.15) is 0 Å². The molecule has 1 aliphatic carbocycles. The molecule has 1 fully saturated rings. The van der Waals surface area contributed by atoms with Crippen LogP contribution >= 0.6 is 0 Å². The minimum atomic E-state index is 0.0782. The SMILES string of the molecule is OCC1(NCCc2ccccc2)CC1. The number of aliphatic hydroxyl groups is 1. The molecular weight excluding hydrogens is 174 g/mol. The third-order valence-corrected chi connectivity index (χ3v) is 2.91. The summed E-state index contributed by atoms with van der Waals surface area (Å²) in [5, 5.41) is 12.5. The van der Waals surface area contributed by atoms with Crippen LogP contribution in [-0.2, 0) is 6.42 Å². The first-order chi connectivity index (χ1) is 6.85. The maximum Gasteiger partial charge on any atom is 0.0613 e. The van der Waals surface area contributed by atoms with Gasteiger partial charge in [-0.05, 0) is 31.4 Å². The van der Waals surface area contributed by atoms with E-state index >= 15 is 0 Å². The van der Waals surface area contributed by atoms with Crippen LogP contribution in [-0.4, -0.2) is 23.8 Å². The predicted molar refractivity (Wildman–Crippen MR) is 57.2 cm³/mol. The van der Waals surface area contributed by atoms with Crippen LogP contribution in [0.2, 0.25) is 0 Å². The molecule has 76 valence electrons. The zero-order valence-electron chi connectivity index (χ0n) is 8.37. The van der Waals surface area contributed by atoms with Crippen molar-refractivity contribution in [3.63, 3.8) is 0 Å². The predicted octanol–water partition coefficient (Wildman–Crippen LogP) is 1.34. The fourth-order valence-corrected chi connectivity index (χ4v) is 1.66. The van der Waals surface area contributed by atoms with E-state index in [0.29, 0.717) is 0 Å². The Morgan fingerprint density at radius 3 is 2.50 bits per heavy atom. The van der Waals surface area contributed by atoms with Gasteiger partial charge in [-0.15, -0.1) is 0 Å². The molecule has 0 bridgehead atoms. The van der Waals surface area contributed by atoms with Gasteiger partial charge in [-0.25, -0.2) is 0 Å². The minimum absolute atomic E-state index is 0.0782. The Morgan fingerprint density at radius 2 is 1.93 bits per heavy atom. The van der Waals surface area contributed by atoms with E-state index in [2.05, 4.69) is 29.6 Å². The highest BCUT2D eigenvalue weighted by Crippen LogP contribution is 2.34. The van der Waals surface area contributed by atoms with E-state index in [0.717, 1.165) is 25.8 Å². The molecule has 0 heterocycles. The van der Waals surface area contributed by atoms with Gasteiger partial charge in [-0.1, -0.05) is 30.3 Å². The van der Waals surface area contributed by atoms with E-state index in [9.17, 15) is 0 Å². The fourth-order valence-electron chi connectivity index (χ4n) is 1.66. The van der Waals surface area contributed by atoms with Crippen molar-refractivity contribution in [1.29, 1.82) is 0 Å². The molecule has 0 spiro atoms. The van der Waals surface area contributed by atoms with E-state index in [4.69, 9.17) is 5.11 Å². The summed E-state index contributed by atoms with van der Waals surface area (Å²) in [4.78, 5) is 0. The van der Waals surface area contributed by atoms with Crippen molar-refractivity contribution in [2.45, 2.75) is 24.8 Å². The van der Waals surface area contributed by atoms with Crippen LogP contribution in [0.25, 0.3) is 0 Å². The number of nitrogens with one attached hydrogen (secondary N) is 1. The van der Waals surface area contributed by atoms with Gasteiger partial charge >= 0.3 is 0 Å². The van der Waals surface area contributed by atoms with E-state index in [1.807, 2.05) is 6.07 Å². The van der Waals surface area contributed by atoms with Crippen molar-refractivity contribution >= 4 is 0 Å². The second-order valence-corrected chi connectivity index (χ2v) is 4.10. The summed E-state index contributed by atoms with van der Waals surface area (Å²) in [6, 6.07) is 10.4. The molecular formula is C12H17NO. The van der Waals surface area contributed by atoms with Crippen molar-refractivity contribution in [2.75, 3.05) is 13.2 Å². The van der Waals surface area contributed by atoms with Gasteiger partial charge < -0.3 is 10.4 Å². The van der Waals surface area contributed by atoms with Gasteiger partial charge in [0.15, 0.2) is 0 Å². The number of hydrogen-bond donors (Lipinski definition) is 2. The largest absolute Gasteiger partial charge is 0.394 e. The molecule has 0 aromatic heterocycles. The van der Waals surface area contributed by atoms with E-state index in [1.54, 1.807) is 0 Å². The van der Waals surface area contributed by atoms with Crippen LogP contribution in [0.3, 0.4) is 0 Å². The summed E-state index contributed by atoms with van der Waals surface area (Å²) in [6.45, 7) is 1.24. The summed E-state index contributed by atoms with van der Waals surface area (Å²) in [5.74, 6) is 0. The molecule has 0 amide bonds. The lowest BCUT2D eigenvalue weighted by Crippen LogP contribution is -2.36. The Hall–Kier alpha value is -0.860. The number of hydrogen-bond acceptors (Lipinski definition) is 2. The monoisotopic (exact) mass is 191 g/mol. The van der Waals surface area contributed by atoms with Gasteiger partial charge in [0.1, 0.15) is 0 Å². The molecule has 0 saturated heterocycles. The van der Waals surface area contributed by atoms with E-state index in [1.165, 1.54) is 5.56 Å². The Labute approximate surface area is 85.0 Å². The van der Waals surface area contributed by atoms with Crippen molar-refractivity contribution in [3.05, 3.63) is 35.9 Å². The topological polar surface area (TPSA) is 32.3 Å². The molecule has 0 radical (unpaired) electrons. The van der Waals surface area contributed by atoms with Crippen LogP contribution < -0.4 is 5.32 Å². The lowest BCUT2D eigenvalue weighted by atomic mass is 10.1. The number of aliphatic hydroxyl groups excluding tert-OH is 1. The molecule has 0 atom stereocenters. The lowest BCUT2D eigenvalue weighted by molar-refractivity contribution is 0.231. The lowest BCUT2D eigenvalue weighted by Gasteiger charge is -2.13. The van der Waals surface area contributed by atoms with Gasteiger partial charge in [0.2, 0.25) is 0 Å². The molecule has 1 aliphatic rings. The molecule has 14 heavy (non-hydrogen) atoms. The van der Waals surface area contributed by atoms with Gasteiger partial charge in [-0.3, -0.25) is 0 Å². The Balaban J connectivity index is 1.73. The molecule has 2 N–H and O–H groups in total. The zero-order chi connectivity index (χ0) is 9.86. The first-order valence-corrected chi connectivity index (χ1v) is 5.24. The maximum atomic E-state index is 9.09. The first kappa shape index (κ1) is 9.69. The highest BCUT2D eigenvalue weighted by atomic mass is 16.3. The molecule has 0 unspecified atom stereocenters. The normalized spacial score (nSPS) is 18.1. The summed E-state index contributed by atoms with van der Waals surface area (Å²) in [5.41, 5.74) is 1.43. The summed E-state index contributed by atoms with van der Waals surface area (Å²) in [7, 11) is 0. The molecule has 2 nitrogen and oxygen atoms in total. The average Bonchev–Trinajstić information content (AvgIpc) is 3.00. The summed E-state index contributed by atoms with van der Waals surface area (Å²) in [6.07, 6.45) is 3.29. The first-order valence-electron chi connectivity index (χ1n) is 5.24. The van der Waals surface area contributed by atoms with Crippen LogP contribution in [0, 0.1) is 0 Å². The third-order valence-electron chi connectivity index (χ3n) is 2.91. The quantitative estimate of drug-likeness (QED) is 0.736. The second-order valence-electron chi connectivity index (χ2n) is 4.10. The van der Waals surface area contributed by atoms with Crippen LogP contribution in [0.1, 0.15) is 18.4 Å². The Bertz CT molecular complexity index is 280. The van der Waals surface area contributed by atoms with Crippen molar-refractivity contribution in [1.82, 2.24) is 5.32 Å². The van der Waals surface area contributed by atoms with Crippen LogP contribution in [0.15, 0.2) is 30.3 Å². The molecule has 2 rings (SSSR count). The van der Waals surface area contributed by atoms with Crippen molar-refractivity contribution in [3.8, 4) is 0 Å². The third kappa shape index (κ3) is 2.34. The molecule has 2 heteroatoms. The second kappa shape index (κ2) is 4.11. The summed E-state index contributed by atoms with van der Waals surface area (Å²) < 4.78 is 0. The molecule has 0 aliphatic heterocycles. The van der Waals surface area contributed by atoms with Crippen LogP contribution in [0.4, 0.5) is 0 Å². The number of rotatable bonds is 5. The van der Waals surface area contributed by atoms with Crippen molar-refractivity contribution < 1.29 is 5.11 Å². The number of benzene rings is 1. The highest BCUT2D eigenvalue weighted by Gasteiger charge is 2.40. The Morgan fingerprint density at radius 1 is 1.21 bits per heavy atom. The molecule has 1 aromatic carbocycles. The standard InChI is InChI=1S/C12H17NO/c14-10-12(7-8-12)13-9-6-11-4-2-1-3-5-11/h1-5,13-14H,6-10H2. The summed E-state index contributed by atoms with van der Waals surface area (Å²) >= 11 is 0. The van der Waals surface area contributed by atoms with Crippen LogP contribution in [0.5, 0.6) is 0 Å². The van der Waals surface area contributed by atoms with E-state index in [-0.39, 0.29) is 12.1 Å².